The van der Waals surface area contributed by atoms with Crippen LogP contribution in [0, 0.1) is 5.92 Å². The normalized spacial score (nSPS) is 27.2. The van der Waals surface area contributed by atoms with Crippen LogP contribution >= 0.6 is 12.6 Å². The smallest absolute Gasteiger partial charge is 0.00927 e. The van der Waals surface area contributed by atoms with Gasteiger partial charge in [-0.2, -0.15) is 12.6 Å². The molecule has 0 aromatic carbocycles. The Hall–Kier alpha value is 0.310. The molecule has 0 aromatic heterocycles. The van der Waals surface area contributed by atoms with E-state index in [9.17, 15) is 0 Å². The first-order valence-electron chi connectivity index (χ1n) is 6.12. The first-order chi connectivity index (χ1) is 6.77. The molecule has 0 N–H and O–H groups in total. The fourth-order valence-electron chi connectivity index (χ4n) is 2.40. The second-order valence-corrected chi connectivity index (χ2v) is 5.06. The molecule has 1 aliphatic rings. The Morgan fingerprint density at radius 3 is 2.79 bits per heavy atom. The summed E-state index contributed by atoms with van der Waals surface area (Å²) in [7, 11) is 0. The molecular formula is C12H25NS. The van der Waals surface area contributed by atoms with E-state index in [2.05, 4.69) is 31.4 Å². The highest BCUT2D eigenvalue weighted by molar-refractivity contribution is 7.80. The molecule has 14 heavy (non-hydrogen) atoms. The van der Waals surface area contributed by atoms with Crippen molar-refractivity contribution in [2.75, 3.05) is 18.8 Å². The lowest BCUT2D eigenvalue weighted by molar-refractivity contribution is 0.175. The average Bonchev–Trinajstić information content (AvgIpc) is 2.42. The van der Waals surface area contributed by atoms with Gasteiger partial charge in [-0.05, 0) is 37.5 Å². The summed E-state index contributed by atoms with van der Waals surface area (Å²) in [5, 5.41) is 0. The summed E-state index contributed by atoms with van der Waals surface area (Å²) in [5.41, 5.74) is 0. The quantitative estimate of drug-likeness (QED) is 0.705. The molecule has 0 aliphatic carbocycles. The Kier molecular flexibility index (Phi) is 5.95. The minimum atomic E-state index is 0.741. The molecule has 0 spiro atoms. The lowest BCUT2D eigenvalue weighted by atomic mass is 10.1. The van der Waals surface area contributed by atoms with Gasteiger partial charge in [0, 0.05) is 12.6 Å². The third-order valence-corrected chi connectivity index (χ3v) is 3.95. The zero-order valence-electron chi connectivity index (χ0n) is 9.71. The molecule has 0 radical (unpaired) electrons. The van der Waals surface area contributed by atoms with Gasteiger partial charge in [0.15, 0.2) is 0 Å². The molecule has 0 aromatic rings. The van der Waals surface area contributed by atoms with E-state index in [0.717, 1.165) is 17.7 Å². The first-order valence-corrected chi connectivity index (χ1v) is 6.76. The van der Waals surface area contributed by atoms with Crippen molar-refractivity contribution in [3.8, 4) is 0 Å². The summed E-state index contributed by atoms with van der Waals surface area (Å²) in [5.74, 6) is 1.76. The molecule has 1 fully saturated rings. The summed E-state index contributed by atoms with van der Waals surface area (Å²) in [4.78, 5) is 2.70. The predicted molar refractivity (Wildman–Crippen MR) is 67.1 cm³/mol. The molecule has 2 atom stereocenters. The molecule has 0 amide bonds. The van der Waals surface area contributed by atoms with Crippen LogP contribution in [0.4, 0.5) is 0 Å². The highest BCUT2D eigenvalue weighted by Crippen LogP contribution is 2.20. The van der Waals surface area contributed by atoms with Gasteiger partial charge in [0.25, 0.3) is 0 Å². The summed E-state index contributed by atoms with van der Waals surface area (Å²) in [6, 6.07) is 0.847. The van der Waals surface area contributed by atoms with Crippen LogP contribution in [-0.2, 0) is 0 Å². The molecule has 1 heterocycles. The van der Waals surface area contributed by atoms with E-state index in [-0.39, 0.29) is 0 Å². The van der Waals surface area contributed by atoms with Crippen molar-refractivity contribution in [2.24, 2.45) is 5.92 Å². The van der Waals surface area contributed by atoms with Gasteiger partial charge in [0.2, 0.25) is 0 Å². The summed E-state index contributed by atoms with van der Waals surface area (Å²) < 4.78 is 0. The van der Waals surface area contributed by atoms with Crippen molar-refractivity contribution in [3.05, 3.63) is 0 Å². The maximum atomic E-state index is 4.37. The summed E-state index contributed by atoms with van der Waals surface area (Å²) >= 11 is 4.37. The second kappa shape index (κ2) is 6.73. The molecule has 84 valence electrons. The summed E-state index contributed by atoms with van der Waals surface area (Å²) in [6.45, 7) is 7.21. The van der Waals surface area contributed by atoms with Gasteiger partial charge in [-0.25, -0.2) is 0 Å². The van der Waals surface area contributed by atoms with Crippen LogP contribution in [0.1, 0.15) is 46.0 Å². The van der Waals surface area contributed by atoms with Gasteiger partial charge in [-0.3, -0.25) is 0 Å². The van der Waals surface area contributed by atoms with E-state index in [1.54, 1.807) is 0 Å². The van der Waals surface area contributed by atoms with Crippen LogP contribution in [0.25, 0.3) is 0 Å². The molecule has 2 heteroatoms. The molecule has 1 nitrogen and oxygen atoms in total. The maximum Gasteiger partial charge on any atom is 0.00927 e. The SMILES string of the molecule is CCC1CCCCCN1CC(C)CS. The fourth-order valence-corrected chi connectivity index (χ4v) is 2.51. The van der Waals surface area contributed by atoms with E-state index in [0.29, 0.717) is 0 Å². The highest BCUT2D eigenvalue weighted by Gasteiger charge is 2.20. The molecule has 1 saturated heterocycles. The van der Waals surface area contributed by atoms with Crippen LogP contribution in [0.15, 0.2) is 0 Å². The Morgan fingerprint density at radius 2 is 2.14 bits per heavy atom. The van der Waals surface area contributed by atoms with Crippen LogP contribution in [0.5, 0.6) is 0 Å². The lowest BCUT2D eigenvalue weighted by Crippen LogP contribution is -2.37. The molecule has 2 unspecified atom stereocenters. The molecule has 0 bridgehead atoms. The molecular weight excluding hydrogens is 190 g/mol. The highest BCUT2D eigenvalue weighted by atomic mass is 32.1. The van der Waals surface area contributed by atoms with E-state index >= 15 is 0 Å². The molecule has 1 aliphatic heterocycles. The minimum absolute atomic E-state index is 0.741. The van der Waals surface area contributed by atoms with Gasteiger partial charge in [-0.1, -0.05) is 26.7 Å². The zero-order chi connectivity index (χ0) is 10.4. The Balaban J connectivity index is 2.43. The van der Waals surface area contributed by atoms with E-state index in [1.807, 2.05) is 0 Å². The van der Waals surface area contributed by atoms with Crippen LogP contribution in [-0.4, -0.2) is 29.8 Å². The second-order valence-electron chi connectivity index (χ2n) is 4.69. The van der Waals surface area contributed by atoms with Crippen LogP contribution in [0.3, 0.4) is 0 Å². The van der Waals surface area contributed by atoms with E-state index < -0.39 is 0 Å². The lowest BCUT2D eigenvalue weighted by Gasteiger charge is -2.31. The Morgan fingerprint density at radius 1 is 1.36 bits per heavy atom. The largest absolute Gasteiger partial charge is 0.300 e. The fraction of sp³-hybridized carbons (Fsp3) is 1.00. The van der Waals surface area contributed by atoms with Crippen LogP contribution in [0.2, 0.25) is 0 Å². The van der Waals surface area contributed by atoms with Gasteiger partial charge in [0.1, 0.15) is 0 Å². The van der Waals surface area contributed by atoms with Gasteiger partial charge >= 0.3 is 0 Å². The topological polar surface area (TPSA) is 3.24 Å². The van der Waals surface area contributed by atoms with Gasteiger partial charge in [0.05, 0.1) is 0 Å². The third-order valence-electron chi connectivity index (χ3n) is 3.33. The monoisotopic (exact) mass is 215 g/mol. The van der Waals surface area contributed by atoms with E-state index in [1.165, 1.54) is 45.2 Å². The Labute approximate surface area is 94.7 Å². The molecule has 1 rings (SSSR count). The average molecular weight is 215 g/mol. The zero-order valence-corrected chi connectivity index (χ0v) is 10.6. The van der Waals surface area contributed by atoms with Crippen LogP contribution < -0.4 is 0 Å². The number of hydrogen-bond acceptors (Lipinski definition) is 2. The number of thiol groups is 1. The van der Waals surface area contributed by atoms with Crippen molar-refractivity contribution in [1.29, 1.82) is 0 Å². The summed E-state index contributed by atoms with van der Waals surface area (Å²) in [6.07, 6.45) is 7.00. The third kappa shape index (κ3) is 3.82. The first kappa shape index (κ1) is 12.4. The maximum absolute atomic E-state index is 4.37. The van der Waals surface area contributed by atoms with E-state index in [4.69, 9.17) is 0 Å². The number of rotatable bonds is 4. The van der Waals surface area contributed by atoms with Crippen molar-refractivity contribution in [1.82, 2.24) is 4.90 Å². The number of likely N-dealkylation sites (tertiary alicyclic amines) is 1. The minimum Gasteiger partial charge on any atom is -0.300 e. The standard InChI is InChI=1S/C12H25NS/c1-3-12-7-5-4-6-8-13(12)9-11(2)10-14/h11-12,14H,3-10H2,1-2H3. The van der Waals surface area contributed by atoms with Crippen molar-refractivity contribution in [3.63, 3.8) is 0 Å². The molecule has 0 saturated carbocycles. The number of hydrogen-bond donors (Lipinski definition) is 1. The van der Waals surface area contributed by atoms with Crippen molar-refractivity contribution < 1.29 is 0 Å². The van der Waals surface area contributed by atoms with Crippen molar-refractivity contribution in [2.45, 2.75) is 52.0 Å². The van der Waals surface area contributed by atoms with Crippen molar-refractivity contribution >= 4 is 12.6 Å². The Bertz CT molecular complexity index is 149. The predicted octanol–water partition coefficient (Wildman–Crippen LogP) is 3.21. The van der Waals surface area contributed by atoms with Gasteiger partial charge < -0.3 is 4.90 Å². The number of nitrogens with zero attached hydrogens (tertiary/aromatic N) is 1. The van der Waals surface area contributed by atoms with Gasteiger partial charge in [-0.15, -0.1) is 0 Å².